The summed E-state index contributed by atoms with van der Waals surface area (Å²) >= 11 is 0. The largest absolute Gasteiger partial charge is 0.350 e. The molecule has 23 heavy (non-hydrogen) atoms. The van der Waals surface area contributed by atoms with E-state index in [1.165, 1.54) is 17.6 Å². The van der Waals surface area contributed by atoms with Gasteiger partial charge in [-0.25, -0.2) is 0 Å². The van der Waals surface area contributed by atoms with Crippen LogP contribution in [0, 0.1) is 0 Å². The lowest BCUT2D eigenvalue weighted by Gasteiger charge is -2.37. The normalized spacial score (nSPS) is 26.9. The molecular weight excluding hydrogens is 284 g/mol. The van der Waals surface area contributed by atoms with E-state index in [4.69, 9.17) is 9.47 Å². The van der Waals surface area contributed by atoms with Gasteiger partial charge in [0.15, 0.2) is 5.79 Å². The third kappa shape index (κ3) is 9.12. The van der Waals surface area contributed by atoms with Crippen LogP contribution in [0.1, 0.15) is 79.6 Å². The summed E-state index contributed by atoms with van der Waals surface area (Å²) in [6, 6.07) is 0. The zero-order valence-corrected chi connectivity index (χ0v) is 15.9. The molecule has 1 aliphatic rings. The SMILES string of the molecule is CC=CCCC(C)=CCCC(C)=CCCC1(C)OCCC(C)O1. The Balaban J connectivity index is 2.25. The predicted molar refractivity (Wildman–Crippen MR) is 99.6 cm³/mol. The third-order valence-corrected chi connectivity index (χ3v) is 4.45. The fourth-order valence-corrected chi connectivity index (χ4v) is 2.90. The van der Waals surface area contributed by atoms with Crippen LogP contribution in [0.4, 0.5) is 0 Å². The summed E-state index contributed by atoms with van der Waals surface area (Å²) in [5.41, 5.74) is 2.97. The average molecular weight is 321 g/mol. The molecule has 0 amide bonds. The van der Waals surface area contributed by atoms with Crippen molar-refractivity contribution in [1.82, 2.24) is 0 Å². The van der Waals surface area contributed by atoms with Gasteiger partial charge in [0.05, 0.1) is 12.7 Å². The van der Waals surface area contributed by atoms with Crippen LogP contribution in [0.5, 0.6) is 0 Å². The number of rotatable bonds is 9. The molecule has 2 atom stereocenters. The summed E-state index contributed by atoms with van der Waals surface area (Å²) in [7, 11) is 0. The van der Waals surface area contributed by atoms with Crippen LogP contribution >= 0.6 is 0 Å². The Hall–Kier alpha value is -0.860. The van der Waals surface area contributed by atoms with Gasteiger partial charge in [0.1, 0.15) is 0 Å². The van der Waals surface area contributed by atoms with Crippen LogP contribution in [-0.2, 0) is 9.47 Å². The van der Waals surface area contributed by atoms with E-state index in [1.807, 2.05) is 0 Å². The molecule has 0 N–H and O–H groups in total. The molecular formula is C21H36O2. The van der Waals surface area contributed by atoms with Gasteiger partial charge < -0.3 is 9.47 Å². The summed E-state index contributed by atoms with van der Waals surface area (Å²) in [6.45, 7) is 11.6. The van der Waals surface area contributed by atoms with Crippen molar-refractivity contribution < 1.29 is 9.47 Å². The minimum absolute atomic E-state index is 0.314. The zero-order chi connectivity index (χ0) is 17.1. The zero-order valence-electron chi connectivity index (χ0n) is 15.9. The smallest absolute Gasteiger partial charge is 0.166 e. The van der Waals surface area contributed by atoms with Crippen molar-refractivity contribution >= 4 is 0 Å². The van der Waals surface area contributed by atoms with Crippen LogP contribution in [0.15, 0.2) is 35.5 Å². The molecule has 1 heterocycles. The standard InChI is InChI=1S/C21H36O2/c1-6-7-8-11-18(2)12-9-13-19(3)14-10-16-21(5)22-17-15-20(4)23-21/h6-7,12,14,20H,8-11,13,15-17H2,1-5H3. The molecule has 1 fully saturated rings. The van der Waals surface area contributed by atoms with E-state index >= 15 is 0 Å². The van der Waals surface area contributed by atoms with Gasteiger partial charge in [-0.2, -0.15) is 0 Å². The molecule has 0 spiro atoms. The first kappa shape index (κ1) is 20.2. The lowest BCUT2D eigenvalue weighted by molar-refractivity contribution is -0.282. The van der Waals surface area contributed by atoms with E-state index in [9.17, 15) is 0 Å². The minimum atomic E-state index is -0.391. The molecule has 2 heteroatoms. The molecule has 0 radical (unpaired) electrons. The van der Waals surface area contributed by atoms with Crippen LogP contribution in [-0.4, -0.2) is 18.5 Å². The Morgan fingerprint density at radius 2 is 1.74 bits per heavy atom. The van der Waals surface area contributed by atoms with Crippen molar-refractivity contribution in [3.05, 3.63) is 35.5 Å². The van der Waals surface area contributed by atoms with Gasteiger partial charge in [-0.05, 0) is 73.1 Å². The molecule has 0 aliphatic carbocycles. The number of hydrogen-bond donors (Lipinski definition) is 0. The van der Waals surface area contributed by atoms with Crippen molar-refractivity contribution in [2.45, 2.75) is 91.5 Å². The van der Waals surface area contributed by atoms with E-state index in [2.05, 4.69) is 58.9 Å². The van der Waals surface area contributed by atoms with Crippen molar-refractivity contribution in [2.75, 3.05) is 6.61 Å². The molecule has 0 aromatic heterocycles. The molecule has 1 aliphatic heterocycles. The van der Waals surface area contributed by atoms with Gasteiger partial charge in [-0.15, -0.1) is 0 Å². The van der Waals surface area contributed by atoms with Crippen molar-refractivity contribution in [3.8, 4) is 0 Å². The predicted octanol–water partition coefficient (Wildman–Crippen LogP) is 6.34. The average Bonchev–Trinajstić information content (AvgIpc) is 2.47. The molecule has 0 bridgehead atoms. The Labute approximate surface area is 143 Å². The number of allylic oxidation sites excluding steroid dienone is 6. The molecule has 132 valence electrons. The Morgan fingerprint density at radius 1 is 1.09 bits per heavy atom. The highest BCUT2D eigenvalue weighted by Gasteiger charge is 2.31. The van der Waals surface area contributed by atoms with E-state index in [0.29, 0.717) is 6.10 Å². The quantitative estimate of drug-likeness (QED) is 0.462. The lowest BCUT2D eigenvalue weighted by atomic mass is 10.0. The molecule has 0 aromatic carbocycles. The Bertz CT molecular complexity index is 420. The molecule has 0 aromatic rings. The Kier molecular flexibility index (Phi) is 9.50. The lowest BCUT2D eigenvalue weighted by Crippen LogP contribution is -2.41. The molecule has 2 unspecified atom stereocenters. The highest BCUT2D eigenvalue weighted by atomic mass is 16.7. The highest BCUT2D eigenvalue weighted by molar-refractivity contribution is 5.04. The number of hydrogen-bond acceptors (Lipinski definition) is 2. The molecule has 2 nitrogen and oxygen atoms in total. The minimum Gasteiger partial charge on any atom is -0.350 e. The van der Waals surface area contributed by atoms with E-state index in [-0.39, 0.29) is 0 Å². The summed E-state index contributed by atoms with van der Waals surface area (Å²) in [4.78, 5) is 0. The first-order valence-corrected chi connectivity index (χ1v) is 9.19. The third-order valence-electron chi connectivity index (χ3n) is 4.45. The molecule has 1 rings (SSSR count). The van der Waals surface area contributed by atoms with Crippen LogP contribution in [0.25, 0.3) is 0 Å². The molecule has 0 saturated carbocycles. The van der Waals surface area contributed by atoms with Gasteiger partial charge in [-0.3, -0.25) is 0 Å². The van der Waals surface area contributed by atoms with Gasteiger partial charge >= 0.3 is 0 Å². The maximum atomic E-state index is 5.95. The molecule has 1 saturated heterocycles. The van der Waals surface area contributed by atoms with Gasteiger partial charge in [0.2, 0.25) is 0 Å². The topological polar surface area (TPSA) is 18.5 Å². The summed E-state index contributed by atoms with van der Waals surface area (Å²) in [5, 5.41) is 0. The number of ether oxygens (including phenoxy) is 2. The van der Waals surface area contributed by atoms with Crippen molar-refractivity contribution in [3.63, 3.8) is 0 Å². The first-order chi connectivity index (χ1) is 10.9. The fraction of sp³-hybridized carbons (Fsp3) is 0.714. The Morgan fingerprint density at radius 3 is 2.39 bits per heavy atom. The van der Waals surface area contributed by atoms with Gasteiger partial charge in [0.25, 0.3) is 0 Å². The fourth-order valence-electron chi connectivity index (χ4n) is 2.90. The maximum Gasteiger partial charge on any atom is 0.166 e. The highest BCUT2D eigenvalue weighted by Crippen LogP contribution is 2.27. The second-order valence-corrected chi connectivity index (χ2v) is 6.99. The maximum absolute atomic E-state index is 5.95. The van der Waals surface area contributed by atoms with Crippen LogP contribution in [0.3, 0.4) is 0 Å². The van der Waals surface area contributed by atoms with E-state index in [0.717, 1.165) is 45.1 Å². The van der Waals surface area contributed by atoms with Gasteiger partial charge in [0, 0.05) is 6.42 Å². The summed E-state index contributed by atoms with van der Waals surface area (Å²) in [5.74, 6) is -0.391. The van der Waals surface area contributed by atoms with Crippen LogP contribution < -0.4 is 0 Å². The summed E-state index contributed by atoms with van der Waals surface area (Å²) < 4.78 is 11.8. The second-order valence-electron chi connectivity index (χ2n) is 6.99. The van der Waals surface area contributed by atoms with Crippen molar-refractivity contribution in [2.24, 2.45) is 0 Å². The van der Waals surface area contributed by atoms with Crippen molar-refractivity contribution in [1.29, 1.82) is 0 Å². The van der Waals surface area contributed by atoms with Crippen LogP contribution in [0.2, 0.25) is 0 Å². The van der Waals surface area contributed by atoms with E-state index < -0.39 is 5.79 Å². The summed E-state index contributed by atoms with van der Waals surface area (Å²) in [6.07, 6.45) is 17.0. The monoisotopic (exact) mass is 320 g/mol. The first-order valence-electron chi connectivity index (χ1n) is 9.19. The van der Waals surface area contributed by atoms with Gasteiger partial charge in [-0.1, -0.05) is 35.5 Å². The second kappa shape index (κ2) is 10.8. The van der Waals surface area contributed by atoms with E-state index in [1.54, 1.807) is 0 Å².